The molecule has 1 fully saturated rings. The number of rotatable bonds is 6. The number of fused-ring (bicyclic) bond motifs is 2. The Morgan fingerprint density at radius 1 is 1.08 bits per heavy atom. The third kappa shape index (κ3) is 4.57. The van der Waals surface area contributed by atoms with Crippen LogP contribution in [-0.4, -0.2) is 67.7 Å². The number of H-pyrrole nitrogens is 1. The Morgan fingerprint density at radius 3 is 2.76 bits per heavy atom. The summed E-state index contributed by atoms with van der Waals surface area (Å²) in [5.41, 5.74) is 4.41. The van der Waals surface area contributed by atoms with Crippen LogP contribution in [0.25, 0.3) is 16.6 Å². The molecule has 1 unspecified atom stereocenters. The zero-order valence-corrected chi connectivity index (χ0v) is 20.6. The molecule has 6 rings (SSSR count). The van der Waals surface area contributed by atoms with Gasteiger partial charge in [-0.05, 0) is 48.4 Å². The van der Waals surface area contributed by atoms with Gasteiger partial charge in [0.25, 0.3) is 5.91 Å². The van der Waals surface area contributed by atoms with Crippen molar-refractivity contribution in [2.24, 2.45) is 0 Å². The van der Waals surface area contributed by atoms with E-state index in [0.717, 1.165) is 33.6 Å². The van der Waals surface area contributed by atoms with Gasteiger partial charge in [0, 0.05) is 36.2 Å². The average Bonchev–Trinajstić information content (AvgIpc) is 3.54. The third-order valence-corrected chi connectivity index (χ3v) is 7.16. The number of hydrogen-bond acceptors (Lipinski definition) is 5. The molecule has 37 heavy (non-hydrogen) atoms. The van der Waals surface area contributed by atoms with Gasteiger partial charge in [0.05, 0.1) is 25.5 Å². The molecule has 1 aliphatic rings. The van der Waals surface area contributed by atoms with Crippen LogP contribution in [0.3, 0.4) is 0 Å². The second kappa shape index (κ2) is 9.72. The monoisotopic (exact) mass is 495 g/mol. The topological polar surface area (TPSA) is 86.1 Å². The lowest BCUT2D eigenvalue weighted by atomic mass is 10.0. The summed E-state index contributed by atoms with van der Waals surface area (Å²) in [5, 5.41) is 12.3. The van der Waals surface area contributed by atoms with Crippen LogP contribution in [0.2, 0.25) is 0 Å². The summed E-state index contributed by atoms with van der Waals surface area (Å²) < 4.78 is 7.36. The molecule has 188 valence electrons. The number of aromatic amines is 1. The molecule has 0 spiro atoms. The molecule has 5 aromatic rings. The van der Waals surface area contributed by atoms with Crippen LogP contribution in [0.5, 0.6) is 5.75 Å². The first-order chi connectivity index (χ1) is 18.1. The van der Waals surface area contributed by atoms with Crippen LogP contribution >= 0.6 is 0 Å². The number of β-amino-alcohol motifs (C(OH)–C–C–N with tert-alkyl or cyclic N) is 1. The molecule has 0 bridgehead atoms. The van der Waals surface area contributed by atoms with E-state index in [1.807, 2.05) is 77.5 Å². The van der Waals surface area contributed by atoms with Crippen LogP contribution in [-0.2, 0) is 13.0 Å². The van der Waals surface area contributed by atoms with E-state index in [0.29, 0.717) is 25.2 Å². The molecule has 0 aliphatic carbocycles. The van der Waals surface area contributed by atoms with Gasteiger partial charge in [-0.25, -0.2) is 4.98 Å². The predicted molar refractivity (Wildman–Crippen MR) is 141 cm³/mol. The van der Waals surface area contributed by atoms with Crippen molar-refractivity contribution < 1.29 is 14.6 Å². The highest BCUT2D eigenvalue weighted by molar-refractivity contribution is 5.98. The number of aliphatic hydroxyl groups is 1. The Hall–Kier alpha value is -4.14. The van der Waals surface area contributed by atoms with Gasteiger partial charge in [0.2, 0.25) is 0 Å². The number of methoxy groups -OCH3 is 1. The van der Waals surface area contributed by atoms with E-state index < -0.39 is 6.23 Å². The molecule has 1 amide bonds. The molecule has 4 heterocycles. The van der Waals surface area contributed by atoms with E-state index in [1.165, 1.54) is 0 Å². The minimum absolute atomic E-state index is 0.0752. The van der Waals surface area contributed by atoms with E-state index in [-0.39, 0.29) is 18.5 Å². The normalized spacial score (nSPS) is 18.5. The van der Waals surface area contributed by atoms with Gasteiger partial charge >= 0.3 is 0 Å². The van der Waals surface area contributed by atoms with Crippen molar-refractivity contribution in [3.8, 4) is 5.75 Å². The van der Waals surface area contributed by atoms with Gasteiger partial charge in [0.15, 0.2) is 0 Å². The highest BCUT2D eigenvalue weighted by Crippen LogP contribution is 2.26. The summed E-state index contributed by atoms with van der Waals surface area (Å²) in [4.78, 5) is 25.2. The number of carbonyl (C=O) groups is 1. The molecular formula is C29H29N5O3. The average molecular weight is 496 g/mol. The number of pyridine rings is 1. The lowest BCUT2D eigenvalue weighted by Crippen LogP contribution is -2.60. The number of hydrogen-bond donors (Lipinski definition) is 2. The largest absolute Gasteiger partial charge is 0.497 e. The fourth-order valence-corrected chi connectivity index (χ4v) is 5.26. The first-order valence-electron chi connectivity index (χ1n) is 12.4. The fourth-order valence-electron chi connectivity index (χ4n) is 5.26. The Kier molecular flexibility index (Phi) is 6.12. The van der Waals surface area contributed by atoms with Crippen molar-refractivity contribution >= 4 is 22.5 Å². The van der Waals surface area contributed by atoms with E-state index in [9.17, 15) is 9.90 Å². The maximum Gasteiger partial charge on any atom is 0.270 e. The highest BCUT2D eigenvalue weighted by atomic mass is 16.5. The van der Waals surface area contributed by atoms with E-state index in [4.69, 9.17) is 4.74 Å². The van der Waals surface area contributed by atoms with Crippen molar-refractivity contribution in [3.05, 3.63) is 102 Å². The lowest BCUT2D eigenvalue weighted by molar-refractivity contribution is -0.0840. The van der Waals surface area contributed by atoms with Gasteiger partial charge in [-0.3, -0.25) is 9.69 Å². The summed E-state index contributed by atoms with van der Waals surface area (Å²) in [6.07, 6.45) is 3.74. The highest BCUT2D eigenvalue weighted by Gasteiger charge is 2.36. The summed E-state index contributed by atoms with van der Waals surface area (Å²) in [5.74, 6) is 0.617. The van der Waals surface area contributed by atoms with E-state index in [1.54, 1.807) is 12.0 Å². The number of nitrogens with one attached hydrogen (secondary N) is 1. The van der Waals surface area contributed by atoms with Gasteiger partial charge in [0.1, 0.15) is 23.3 Å². The molecule has 8 nitrogen and oxygen atoms in total. The summed E-state index contributed by atoms with van der Waals surface area (Å²) in [7, 11) is 1.63. The zero-order valence-electron chi connectivity index (χ0n) is 20.6. The molecule has 0 radical (unpaired) electrons. The number of carbonyl (C=O) groups excluding carboxylic acids is 1. The smallest absolute Gasteiger partial charge is 0.270 e. The first kappa shape index (κ1) is 23.3. The van der Waals surface area contributed by atoms with Crippen LogP contribution in [0.15, 0.2) is 85.2 Å². The minimum atomic E-state index is -0.815. The number of piperazine rings is 1. The molecule has 1 saturated heterocycles. The second-order valence-corrected chi connectivity index (χ2v) is 9.52. The quantitative estimate of drug-likeness (QED) is 0.375. The Morgan fingerprint density at radius 2 is 1.92 bits per heavy atom. The number of benzene rings is 2. The number of nitrogens with zero attached hydrogens (tertiary/aromatic N) is 4. The molecule has 2 N–H and O–H groups in total. The number of amides is 1. The van der Waals surface area contributed by atoms with Gasteiger partial charge in [-0.2, -0.15) is 0 Å². The molecular weight excluding hydrogens is 466 g/mol. The van der Waals surface area contributed by atoms with Gasteiger partial charge in [-0.15, -0.1) is 0 Å². The lowest BCUT2D eigenvalue weighted by Gasteiger charge is -2.44. The van der Waals surface area contributed by atoms with Crippen LogP contribution in [0.1, 0.15) is 21.7 Å². The van der Waals surface area contributed by atoms with Crippen molar-refractivity contribution in [3.63, 3.8) is 0 Å². The van der Waals surface area contributed by atoms with Crippen molar-refractivity contribution in [1.29, 1.82) is 0 Å². The Labute approximate surface area is 214 Å². The minimum Gasteiger partial charge on any atom is -0.497 e. The molecule has 1 aliphatic heterocycles. The maximum absolute atomic E-state index is 13.6. The van der Waals surface area contributed by atoms with Crippen molar-refractivity contribution in [2.45, 2.75) is 25.2 Å². The van der Waals surface area contributed by atoms with Crippen LogP contribution in [0, 0.1) is 0 Å². The van der Waals surface area contributed by atoms with Gasteiger partial charge < -0.3 is 24.1 Å². The van der Waals surface area contributed by atoms with E-state index >= 15 is 0 Å². The first-order valence-corrected chi connectivity index (χ1v) is 12.4. The Balaban J connectivity index is 1.28. The fraction of sp³-hybridized carbons (Fsp3) is 0.241. The summed E-state index contributed by atoms with van der Waals surface area (Å²) in [6.45, 7) is 1.25. The molecule has 3 aromatic heterocycles. The molecule has 8 heteroatoms. The molecule has 0 saturated carbocycles. The maximum atomic E-state index is 13.6. The van der Waals surface area contributed by atoms with Crippen molar-refractivity contribution in [1.82, 2.24) is 24.2 Å². The van der Waals surface area contributed by atoms with Crippen molar-refractivity contribution in [2.75, 3.05) is 20.2 Å². The number of aliphatic hydroxyl groups excluding tert-OH is 1. The standard InChI is InChI=1S/C29H29N5O3/c1-37-24-10-11-25-21(14-24)15-26(31-25)29(36)32-17-22(13-20-7-3-2-4-8-20)34(28(35)19-32)18-23-16-30-27-9-5-6-12-33(23)27/h2-12,14-16,22,28,31,35H,13,17-19H2,1H3/t22-,28?/m0/s1. The molecule has 2 atom stereocenters. The number of imidazole rings is 1. The van der Waals surface area contributed by atoms with Gasteiger partial charge in [-0.1, -0.05) is 36.4 Å². The predicted octanol–water partition coefficient (Wildman–Crippen LogP) is 3.71. The third-order valence-electron chi connectivity index (χ3n) is 7.16. The summed E-state index contributed by atoms with van der Waals surface area (Å²) >= 11 is 0. The number of ether oxygens (including phenoxy) is 1. The number of aromatic nitrogens is 3. The Bertz CT molecular complexity index is 1540. The van der Waals surface area contributed by atoms with Crippen LogP contribution < -0.4 is 4.74 Å². The van der Waals surface area contributed by atoms with Crippen LogP contribution in [0.4, 0.5) is 0 Å². The zero-order chi connectivity index (χ0) is 25.4. The SMILES string of the molecule is COc1ccc2[nH]c(C(=O)N3CC(O)N(Cc4cnc5ccccn45)[C@@H](Cc4ccccc4)C3)cc2c1. The van der Waals surface area contributed by atoms with E-state index in [2.05, 4.69) is 27.0 Å². The second-order valence-electron chi connectivity index (χ2n) is 9.52. The molecule has 2 aromatic carbocycles. The summed E-state index contributed by atoms with van der Waals surface area (Å²) in [6, 6.07) is 23.6.